The van der Waals surface area contributed by atoms with E-state index < -0.39 is 0 Å². The number of ether oxygens (including phenoxy) is 3. The number of rotatable bonds is 8. The fourth-order valence-electron chi connectivity index (χ4n) is 4.61. The molecule has 1 saturated heterocycles. The molecule has 0 saturated carbocycles. The molecule has 0 radical (unpaired) electrons. The molecule has 0 spiro atoms. The first-order valence-corrected chi connectivity index (χ1v) is 14.2. The number of thioether (sulfide) groups is 1. The zero-order chi connectivity index (χ0) is 29.3. The minimum Gasteiger partial charge on any atom is -0.493 e. The van der Waals surface area contributed by atoms with Gasteiger partial charge in [0.25, 0.3) is 11.5 Å². The molecule has 1 aliphatic heterocycles. The number of fused-ring (bicyclic) bond motifs is 1. The van der Waals surface area contributed by atoms with Gasteiger partial charge in [0, 0.05) is 12.7 Å². The second-order valence-corrected chi connectivity index (χ2v) is 11.3. The smallest absolute Gasteiger partial charge is 0.269 e. The maximum Gasteiger partial charge on any atom is 0.269 e. The minimum absolute atomic E-state index is 0.131. The lowest BCUT2D eigenvalue weighted by Gasteiger charge is -2.15. The molecule has 0 N–H and O–H groups in total. The molecule has 10 heteroatoms. The lowest BCUT2D eigenvalue weighted by atomic mass is 10.1. The van der Waals surface area contributed by atoms with E-state index in [0.29, 0.717) is 45.1 Å². The topological polar surface area (TPSA) is 82.4 Å². The van der Waals surface area contributed by atoms with E-state index >= 15 is 0 Å². The van der Waals surface area contributed by atoms with E-state index in [4.69, 9.17) is 31.4 Å². The summed E-state index contributed by atoms with van der Waals surface area (Å²) < 4.78 is 18.8. The number of aromatic nitrogens is 2. The summed E-state index contributed by atoms with van der Waals surface area (Å²) in [5.41, 5.74) is 4.11. The standard InChI is InChI=1S/C31H29N3O5S2/c1-18-8-10-23(20(3)15-18)39-28-22(29(35)33-13-6-7-19(2)27(33)32-28)17-26-30(36)34(31(40)41-26)14-12-21-9-11-24(37-4)25(16-21)38-5/h6-11,13,15-17H,12,14H2,1-5H3/b26-17+. The van der Waals surface area contributed by atoms with Crippen LogP contribution in [0.5, 0.6) is 23.1 Å². The van der Waals surface area contributed by atoms with Crippen molar-refractivity contribution in [1.29, 1.82) is 0 Å². The maximum atomic E-state index is 13.7. The number of nitrogens with zero attached hydrogens (tertiary/aromatic N) is 3. The van der Waals surface area contributed by atoms with Crippen molar-refractivity contribution in [2.45, 2.75) is 27.2 Å². The first kappa shape index (κ1) is 28.4. The molecule has 8 nitrogen and oxygen atoms in total. The predicted molar refractivity (Wildman–Crippen MR) is 165 cm³/mol. The summed E-state index contributed by atoms with van der Waals surface area (Å²) >= 11 is 6.72. The molecule has 2 aromatic heterocycles. The van der Waals surface area contributed by atoms with Crippen molar-refractivity contribution in [3.8, 4) is 23.1 Å². The van der Waals surface area contributed by atoms with Crippen LogP contribution >= 0.6 is 24.0 Å². The van der Waals surface area contributed by atoms with E-state index in [0.717, 1.165) is 34.0 Å². The third kappa shape index (κ3) is 5.71. The molecule has 2 aromatic carbocycles. The second kappa shape index (κ2) is 11.8. The minimum atomic E-state index is -0.339. The number of amides is 1. The van der Waals surface area contributed by atoms with Crippen LogP contribution in [-0.4, -0.2) is 45.3 Å². The molecule has 210 valence electrons. The van der Waals surface area contributed by atoms with Gasteiger partial charge in [0.15, 0.2) is 11.5 Å². The van der Waals surface area contributed by atoms with E-state index in [1.807, 2.05) is 63.2 Å². The molecule has 4 aromatic rings. The van der Waals surface area contributed by atoms with Gasteiger partial charge in [-0.05, 0) is 74.2 Å². The van der Waals surface area contributed by atoms with Gasteiger partial charge in [-0.15, -0.1) is 0 Å². The van der Waals surface area contributed by atoms with E-state index in [1.54, 1.807) is 37.5 Å². The average Bonchev–Trinajstić information content (AvgIpc) is 3.22. The highest BCUT2D eigenvalue weighted by molar-refractivity contribution is 8.26. The van der Waals surface area contributed by atoms with Gasteiger partial charge in [0.2, 0.25) is 5.88 Å². The summed E-state index contributed by atoms with van der Waals surface area (Å²) in [5.74, 6) is 1.69. The molecule has 0 atom stereocenters. The molecule has 5 rings (SSSR count). The van der Waals surface area contributed by atoms with Crippen LogP contribution < -0.4 is 19.8 Å². The average molecular weight is 588 g/mol. The maximum absolute atomic E-state index is 13.7. The lowest BCUT2D eigenvalue weighted by Crippen LogP contribution is -2.30. The molecular formula is C31H29N3O5S2. The number of hydrogen-bond donors (Lipinski definition) is 0. The summed E-state index contributed by atoms with van der Waals surface area (Å²) in [6.45, 7) is 6.19. The van der Waals surface area contributed by atoms with Crippen LogP contribution in [0.3, 0.4) is 0 Å². The Bertz CT molecular complexity index is 1780. The predicted octanol–water partition coefficient (Wildman–Crippen LogP) is 5.87. The van der Waals surface area contributed by atoms with E-state index in [-0.39, 0.29) is 22.9 Å². The van der Waals surface area contributed by atoms with Crippen LogP contribution in [0, 0.1) is 20.8 Å². The van der Waals surface area contributed by atoms with Crippen LogP contribution in [0.1, 0.15) is 27.8 Å². The van der Waals surface area contributed by atoms with Gasteiger partial charge in [-0.25, -0.2) is 0 Å². The highest BCUT2D eigenvalue weighted by atomic mass is 32.2. The Balaban J connectivity index is 1.49. The fourth-order valence-corrected chi connectivity index (χ4v) is 5.90. The Morgan fingerprint density at radius 3 is 2.44 bits per heavy atom. The Morgan fingerprint density at radius 2 is 1.71 bits per heavy atom. The number of carbonyl (C=O) groups excluding carboxylic acids is 1. The van der Waals surface area contributed by atoms with Crippen LogP contribution in [0.25, 0.3) is 11.7 Å². The summed E-state index contributed by atoms with van der Waals surface area (Å²) in [6.07, 6.45) is 3.75. The first-order valence-electron chi connectivity index (χ1n) is 12.9. The number of aryl methyl sites for hydroxylation is 3. The monoisotopic (exact) mass is 587 g/mol. The van der Waals surface area contributed by atoms with Gasteiger partial charge >= 0.3 is 0 Å². The van der Waals surface area contributed by atoms with Crippen molar-refractivity contribution in [2.75, 3.05) is 20.8 Å². The number of carbonyl (C=O) groups is 1. The lowest BCUT2D eigenvalue weighted by molar-refractivity contribution is -0.122. The Labute approximate surface area is 247 Å². The van der Waals surface area contributed by atoms with Crippen molar-refractivity contribution >= 4 is 45.9 Å². The number of methoxy groups -OCH3 is 2. The first-order chi connectivity index (χ1) is 19.7. The van der Waals surface area contributed by atoms with Crippen molar-refractivity contribution in [2.24, 2.45) is 0 Å². The molecular weight excluding hydrogens is 558 g/mol. The SMILES string of the molecule is COc1ccc(CCN2C(=O)/C(=C\c3c(Oc4ccc(C)cc4C)nc4c(C)cccn4c3=O)SC2=S)cc1OC. The summed E-state index contributed by atoms with van der Waals surface area (Å²) in [4.78, 5) is 33.8. The number of pyridine rings is 1. The molecule has 0 bridgehead atoms. The fraction of sp³-hybridized carbons (Fsp3) is 0.226. The van der Waals surface area contributed by atoms with Gasteiger partial charge in [-0.3, -0.25) is 18.9 Å². The van der Waals surface area contributed by atoms with Gasteiger partial charge in [0.1, 0.15) is 21.3 Å². The summed E-state index contributed by atoms with van der Waals surface area (Å²) in [7, 11) is 3.17. The molecule has 0 aliphatic carbocycles. The molecule has 0 unspecified atom stereocenters. The summed E-state index contributed by atoms with van der Waals surface area (Å²) in [6, 6.07) is 15.1. The highest BCUT2D eigenvalue weighted by Crippen LogP contribution is 2.35. The van der Waals surface area contributed by atoms with Crippen molar-refractivity contribution in [3.63, 3.8) is 0 Å². The molecule has 41 heavy (non-hydrogen) atoms. The molecule has 1 amide bonds. The van der Waals surface area contributed by atoms with Crippen molar-refractivity contribution in [1.82, 2.24) is 14.3 Å². The third-order valence-corrected chi connectivity index (χ3v) is 8.19. The number of benzene rings is 2. The van der Waals surface area contributed by atoms with Crippen molar-refractivity contribution < 1.29 is 19.0 Å². The number of hydrogen-bond acceptors (Lipinski definition) is 8. The third-order valence-electron chi connectivity index (χ3n) is 6.81. The molecule has 1 fully saturated rings. The Kier molecular flexibility index (Phi) is 8.14. The summed E-state index contributed by atoms with van der Waals surface area (Å²) in [5, 5.41) is 0. The van der Waals surface area contributed by atoms with E-state index in [9.17, 15) is 9.59 Å². The van der Waals surface area contributed by atoms with Gasteiger partial charge in [-0.2, -0.15) is 4.98 Å². The van der Waals surface area contributed by atoms with Gasteiger partial charge < -0.3 is 14.2 Å². The van der Waals surface area contributed by atoms with Crippen LogP contribution in [0.15, 0.2) is 64.4 Å². The van der Waals surface area contributed by atoms with Gasteiger partial charge in [0.05, 0.1) is 19.1 Å². The van der Waals surface area contributed by atoms with E-state index in [2.05, 4.69) is 0 Å². The number of thiocarbonyl (C=S) groups is 1. The van der Waals surface area contributed by atoms with Crippen LogP contribution in [0.4, 0.5) is 0 Å². The quantitative estimate of drug-likeness (QED) is 0.187. The zero-order valence-corrected chi connectivity index (χ0v) is 25.0. The van der Waals surface area contributed by atoms with Gasteiger partial charge in [-0.1, -0.05) is 53.8 Å². The Morgan fingerprint density at radius 1 is 0.951 bits per heavy atom. The normalized spacial score (nSPS) is 14.3. The van der Waals surface area contributed by atoms with Crippen molar-refractivity contribution in [3.05, 3.63) is 97.8 Å². The largest absolute Gasteiger partial charge is 0.493 e. The highest BCUT2D eigenvalue weighted by Gasteiger charge is 2.32. The van der Waals surface area contributed by atoms with Crippen LogP contribution in [0.2, 0.25) is 0 Å². The van der Waals surface area contributed by atoms with E-state index in [1.165, 1.54) is 4.40 Å². The molecule has 1 aliphatic rings. The Hall–Kier alpha value is -4.15. The zero-order valence-electron chi connectivity index (χ0n) is 23.4. The second-order valence-electron chi connectivity index (χ2n) is 9.66. The molecule has 3 heterocycles. The van der Waals surface area contributed by atoms with Crippen LogP contribution in [-0.2, 0) is 11.2 Å².